The molecule has 1 saturated heterocycles. The Balaban J connectivity index is 1.60. The normalized spacial score (nSPS) is 20.9. The van der Waals surface area contributed by atoms with Crippen LogP contribution in [0.3, 0.4) is 0 Å². The lowest BCUT2D eigenvalue weighted by Crippen LogP contribution is -2.64. The third-order valence-corrected chi connectivity index (χ3v) is 9.85. The Morgan fingerprint density at radius 2 is 1.19 bits per heavy atom. The van der Waals surface area contributed by atoms with Gasteiger partial charge in [0.25, 0.3) is 0 Å². The summed E-state index contributed by atoms with van der Waals surface area (Å²) in [5.41, 5.74) is 3.99. The van der Waals surface area contributed by atoms with Crippen LogP contribution in [0.25, 0.3) is 11.1 Å². The summed E-state index contributed by atoms with van der Waals surface area (Å²) in [5, 5.41) is 13.0. The molecular formula is C42H55NO14. The number of carboxylic acid groups (broad SMARTS) is 1. The van der Waals surface area contributed by atoms with Crippen LogP contribution in [0.5, 0.6) is 0 Å². The second-order valence-electron chi connectivity index (χ2n) is 14.3. The summed E-state index contributed by atoms with van der Waals surface area (Å²) < 4.78 is 39.8. The van der Waals surface area contributed by atoms with Crippen LogP contribution in [0.2, 0.25) is 0 Å². The van der Waals surface area contributed by atoms with Gasteiger partial charge in [0.1, 0.15) is 19.3 Å². The second-order valence-corrected chi connectivity index (χ2v) is 14.3. The van der Waals surface area contributed by atoms with Gasteiger partial charge < -0.3 is 43.6 Å². The van der Waals surface area contributed by atoms with E-state index in [0.717, 1.165) is 94.9 Å². The molecule has 312 valence electrons. The fraction of sp³-hybridized carbons (Fsp3) is 0.571. The molecule has 1 aliphatic heterocycles. The molecule has 0 saturated carbocycles. The standard InChI is InChI=1S/C42H55NO14/c1-6-7-8-9-10-11-12-13-22-34(36(40(48)49)43-42(50)52-23-33-31-20-16-14-18-29(31)30-19-15-17-21-32(30)33)56-41-39(55-28(5)47)38(54-27(4)46)37(53-26(3)45)35(57-41)24-51-25(2)44/h14-21,33-39,41H,6-13,22-24H2,1-5H3,(H,43,50)(H,48,49)/t34-,35-,36-,37-,38+,39-,41-/m1/s1. The van der Waals surface area contributed by atoms with Crippen molar-refractivity contribution in [3.63, 3.8) is 0 Å². The number of carboxylic acids is 1. The van der Waals surface area contributed by atoms with Crippen LogP contribution in [0.1, 0.15) is 109 Å². The molecule has 2 aliphatic rings. The highest BCUT2D eigenvalue weighted by Gasteiger charge is 2.54. The number of esters is 4. The van der Waals surface area contributed by atoms with Crippen molar-refractivity contribution >= 4 is 35.9 Å². The van der Waals surface area contributed by atoms with Crippen LogP contribution in [0.4, 0.5) is 4.79 Å². The van der Waals surface area contributed by atoms with Crippen LogP contribution in [0, 0.1) is 0 Å². The van der Waals surface area contributed by atoms with Gasteiger partial charge in [-0.25, -0.2) is 9.59 Å². The van der Waals surface area contributed by atoms with Gasteiger partial charge in [-0.2, -0.15) is 0 Å². The van der Waals surface area contributed by atoms with Crippen molar-refractivity contribution in [3.8, 4) is 11.1 Å². The van der Waals surface area contributed by atoms with Crippen molar-refractivity contribution in [1.29, 1.82) is 0 Å². The van der Waals surface area contributed by atoms with Gasteiger partial charge in [0.05, 0.1) is 6.10 Å². The molecule has 15 heteroatoms. The third-order valence-electron chi connectivity index (χ3n) is 9.85. The number of fused-ring (bicyclic) bond motifs is 3. The summed E-state index contributed by atoms with van der Waals surface area (Å²) in [4.78, 5) is 75.3. The molecule has 1 fully saturated rings. The molecule has 2 N–H and O–H groups in total. The smallest absolute Gasteiger partial charge is 0.407 e. The highest BCUT2D eigenvalue weighted by Crippen LogP contribution is 2.44. The topological polar surface area (TPSA) is 199 Å². The SMILES string of the molecule is CCCCCCCCCC[C@@H](O[C@@H]1O[C@H](COC(C)=O)[C@@H](OC(C)=O)[C@H](OC(C)=O)[C@H]1OC(C)=O)[C@@H](NC(=O)OCC1c2ccccc2-c2ccccc21)C(=O)O. The monoisotopic (exact) mass is 797 g/mol. The van der Waals surface area contributed by atoms with Crippen molar-refractivity contribution in [2.24, 2.45) is 0 Å². The first-order valence-corrected chi connectivity index (χ1v) is 19.6. The molecule has 1 aliphatic carbocycles. The van der Waals surface area contributed by atoms with Gasteiger partial charge in [-0.1, -0.05) is 107 Å². The van der Waals surface area contributed by atoms with Crippen molar-refractivity contribution in [2.45, 2.75) is 141 Å². The van der Waals surface area contributed by atoms with Gasteiger partial charge in [-0.05, 0) is 28.7 Å². The molecule has 1 amide bonds. The van der Waals surface area contributed by atoms with Gasteiger partial charge >= 0.3 is 35.9 Å². The van der Waals surface area contributed by atoms with Gasteiger partial charge in [-0.3, -0.25) is 19.2 Å². The maximum atomic E-state index is 13.5. The number of carbonyl (C=O) groups excluding carboxylic acids is 5. The van der Waals surface area contributed by atoms with E-state index in [9.17, 15) is 33.9 Å². The average molecular weight is 798 g/mol. The number of unbranched alkanes of at least 4 members (excludes halogenated alkanes) is 7. The zero-order valence-electron chi connectivity index (χ0n) is 33.3. The number of aliphatic carboxylic acids is 1. The van der Waals surface area contributed by atoms with Crippen molar-refractivity contribution < 1.29 is 67.0 Å². The molecule has 0 bridgehead atoms. The van der Waals surface area contributed by atoms with Crippen molar-refractivity contribution in [2.75, 3.05) is 13.2 Å². The summed E-state index contributed by atoms with van der Waals surface area (Å²) in [6.45, 7) is 5.99. The van der Waals surface area contributed by atoms with E-state index in [0.29, 0.717) is 6.42 Å². The fourth-order valence-corrected chi connectivity index (χ4v) is 7.34. The van der Waals surface area contributed by atoms with Gasteiger partial charge in [0, 0.05) is 33.6 Å². The molecule has 4 rings (SSSR count). The third kappa shape index (κ3) is 13.0. The summed E-state index contributed by atoms with van der Waals surface area (Å²) in [6, 6.07) is 13.9. The molecule has 0 radical (unpaired) electrons. The molecule has 2 aromatic carbocycles. The lowest BCUT2D eigenvalue weighted by Gasteiger charge is -2.45. The van der Waals surface area contributed by atoms with Gasteiger partial charge in [-0.15, -0.1) is 0 Å². The minimum Gasteiger partial charge on any atom is -0.480 e. The number of hydrogen-bond acceptors (Lipinski definition) is 13. The predicted molar refractivity (Wildman–Crippen MR) is 204 cm³/mol. The lowest BCUT2D eigenvalue weighted by atomic mass is 9.97. The van der Waals surface area contributed by atoms with Crippen LogP contribution >= 0.6 is 0 Å². The number of amides is 1. The number of rotatable bonds is 21. The number of carbonyl (C=O) groups is 6. The summed E-state index contributed by atoms with van der Waals surface area (Å²) in [5.74, 6) is -4.92. The van der Waals surface area contributed by atoms with E-state index in [4.69, 9.17) is 33.2 Å². The maximum absolute atomic E-state index is 13.5. The molecule has 1 heterocycles. The highest BCUT2D eigenvalue weighted by molar-refractivity contribution is 5.81. The van der Waals surface area contributed by atoms with E-state index in [2.05, 4.69) is 12.2 Å². The van der Waals surface area contributed by atoms with Crippen molar-refractivity contribution in [1.82, 2.24) is 5.32 Å². The number of hydrogen-bond donors (Lipinski definition) is 2. The van der Waals surface area contributed by atoms with Crippen LogP contribution < -0.4 is 5.32 Å². The van der Waals surface area contributed by atoms with E-state index in [1.165, 1.54) is 0 Å². The number of ether oxygens (including phenoxy) is 7. The molecule has 0 unspecified atom stereocenters. The van der Waals surface area contributed by atoms with E-state index < -0.39 is 85.4 Å². The molecule has 2 aromatic rings. The van der Waals surface area contributed by atoms with E-state index in [1.807, 2.05) is 48.5 Å². The Hall–Kier alpha value is -5.02. The summed E-state index contributed by atoms with van der Waals surface area (Å²) in [6.07, 6.45) is -2.21. The minimum atomic E-state index is -1.70. The molecular weight excluding hydrogens is 742 g/mol. The number of benzene rings is 2. The van der Waals surface area contributed by atoms with E-state index >= 15 is 0 Å². The Labute approximate surface area is 333 Å². The minimum absolute atomic E-state index is 0.0740. The van der Waals surface area contributed by atoms with E-state index in [-0.39, 0.29) is 18.9 Å². The maximum Gasteiger partial charge on any atom is 0.407 e. The second kappa shape index (κ2) is 22.1. The van der Waals surface area contributed by atoms with Gasteiger partial charge in [0.2, 0.25) is 0 Å². The number of nitrogens with one attached hydrogen (secondary N) is 1. The van der Waals surface area contributed by atoms with Gasteiger partial charge in [0.15, 0.2) is 30.6 Å². The number of alkyl carbamates (subject to hydrolysis) is 1. The average Bonchev–Trinajstić information content (AvgIpc) is 3.47. The first-order valence-electron chi connectivity index (χ1n) is 19.6. The molecule has 15 nitrogen and oxygen atoms in total. The Morgan fingerprint density at radius 1 is 0.667 bits per heavy atom. The van der Waals surface area contributed by atoms with Crippen LogP contribution in [-0.2, 0) is 57.1 Å². The zero-order chi connectivity index (χ0) is 41.5. The molecule has 0 spiro atoms. The summed E-state index contributed by atoms with van der Waals surface area (Å²) >= 11 is 0. The predicted octanol–water partition coefficient (Wildman–Crippen LogP) is 5.98. The largest absolute Gasteiger partial charge is 0.480 e. The first-order chi connectivity index (χ1) is 27.3. The Bertz CT molecular complexity index is 1650. The Kier molecular flexibility index (Phi) is 17.3. The molecule has 57 heavy (non-hydrogen) atoms. The summed E-state index contributed by atoms with van der Waals surface area (Å²) in [7, 11) is 0. The van der Waals surface area contributed by atoms with Crippen molar-refractivity contribution in [3.05, 3.63) is 59.7 Å². The first kappa shape index (κ1) is 44.7. The van der Waals surface area contributed by atoms with E-state index in [1.54, 1.807) is 0 Å². The molecule has 0 aromatic heterocycles. The van der Waals surface area contributed by atoms with Crippen LogP contribution in [0.15, 0.2) is 48.5 Å². The Morgan fingerprint density at radius 3 is 1.74 bits per heavy atom. The molecule has 7 atom stereocenters. The van der Waals surface area contributed by atoms with Crippen LogP contribution in [-0.4, -0.2) is 97.1 Å². The highest BCUT2D eigenvalue weighted by atomic mass is 16.7. The fourth-order valence-electron chi connectivity index (χ4n) is 7.34. The zero-order valence-corrected chi connectivity index (χ0v) is 33.3. The lowest BCUT2D eigenvalue weighted by molar-refractivity contribution is -0.318. The quantitative estimate of drug-likeness (QED) is 0.0850.